The fraction of sp³-hybridized carbons (Fsp3) is 1.00. The molecule has 0 amide bonds. The molecule has 0 radical (unpaired) electrons. The van der Waals surface area contributed by atoms with Gasteiger partial charge in [-0.05, 0) is 31.2 Å². The summed E-state index contributed by atoms with van der Waals surface area (Å²) >= 11 is 0. The Kier molecular flexibility index (Phi) is 6.35. The van der Waals surface area contributed by atoms with Crippen molar-refractivity contribution in [3.63, 3.8) is 0 Å². The van der Waals surface area contributed by atoms with E-state index >= 15 is 0 Å². The van der Waals surface area contributed by atoms with Crippen molar-refractivity contribution in [1.29, 1.82) is 0 Å². The Morgan fingerprint density at radius 1 is 0.923 bits per heavy atom. The lowest BCUT2D eigenvalue weighted by atomic mass is 9.85. The molecule has 0 saturated heterocycles. The van der Waals surface area contributed by atoms with E-state index in [0.29, 0.717) is 24.3 Å². The van der Waals surface area contributed by atoms with Gasteiger partial charge in [0.25, 0.3) is 0 Å². The lowest BCUT2D eigenvalue weighted by Gasteiger charge is -2.25. The van der Waals surface area contributed by atoms with Crippen LogP contribution in [0.3, 0.4) is 0 Å². The molecule has 80 valence electrons. The van der Waals surface area contributed by atoms with Gasteiger partial charge in [-0.15, -0.1) is 0 Å². The summed E-state index contributed by atoms with van der Waals surface area (Å²) in [4.78, 5) is 0. The van der Waals surface area contributed by atoms with Crippen molar-refractivity contribution < 1.29 is 5.11 Å². The van der Waals surface area contributed by atoms with E-state index in [-0.39, 0.29) is 6.10 Å². The molecule has 0 aliphatic heterocycles. The van der Waals surface area contributed by atoms with E-state index in [1.54, 1.807) is 0 Å². The van der Waals surface area contributed by atoms with Crippen LogP contribution in [0.1, 0.15) is 34.6 Å². The predicted octanol–water partition coefficient (Wildman–Crippen LogP) is 1.88. The van der Waals surface area contributed by atoms with Gasteiger partial charge in [0.1, 0.15) is 0 Å². The van der Waals surface area contributed by atoms with Crippen LogP contribution >= 0.6 is 0 Å². The van der Waals surface area contributed by atoms with Crippen LogP contribution in [0, 0.1) is 17.8 Å². The fourth-order valence-electron chi connectivity index (χ4n) is 1.70. The minimum absolute atomic E-state index is 0.236. The fourth-order valence-corrected chi connectivity index (χ4v) is 1.70. The molecular weight excluding hydrogens is 162 g/mol. The number of rotatable bonds is 6. The Bertz CT molecular complexity index is 113. The highest BCUT2D eigenvalue weighted by molar-refractivity contribution is 4.69. The van der Waals surface area contributed by atoms with Crippen molar-refractivity contribution >= 4 is 0 Å². The maximum absolute atomic E-state index is 9.08. The highest BCUT2D eigenvalue weighted by Gasteiger charge is 2.16. The molecule has 0 aromatic carbocycles. The summed E-state index contributed by atoms with van der Waals surface area (Å²) in [6.45, 7) is 12.6. The van der Waals surface area contributed by atoms with Crippen molar-refractivity contribution in [1.82, 2.24) is 5.32 Å². The van der Waals surface area contributed by atoms with Crippen LogP contribution in [0.4, 0.5) is 0 Å². The molecule has 0 spiro atoms. The van der Waals surface area contributed by atoms with Crippen LogP contribution in [0.2, 0.25) is 0 Å². The summed E-state index contributed by atoms with van der Waals surface area (Å²) in [5, 5.41) is 12.4. The average molecular weight is 187 g/mol. The van der Waals surface area contributed by atoms with E-state index in [0.717, 1.165) is 6.54 Å². The van der Waals surface area contributed by atoms with E-state index < -0.39 is 0 Å². The maximum Gasteiger partial charge on any atom is 0.0636 e. The summed E-state index contributed by atoms with van der Waals surface area (Å²) in [6.07, 6.45) is -0.236. The number of aliphatic hydroxyl groups is 1. The first-order chi connectivity index (χ1) is 5.95. The van der Waals surface area contributed by atoms with Gasteiger partial charge in [-0.25, -0.2) is 0 Å². The molecule has 0 fully saturated rings. The number of hydrogen-bond acceptors (Lipinski definition) is 2. The summed E-state index contributed by atoms with van der Waals surface area (Å²) in [6, 6.07) is 0. The molecule has 0 bridgehead atoms. The van der Waals surface area contributed by atoms with E-state index in [1.807, 2.05) is 6.92 Å². The van der Waals surface area contributed by atoms with Gasteiger partial charge in [-0.3, -0.25) is 0 Å². The Hall–Kier alpha value is -0.0800. The molecule has 2 heteroatoms. The third-order valence-corrected chi connectivity index (χ3v) is 2.53. The Balaban J connectivity index is 3.70. The first-order valence-corrected chi connectivity index (χ1v) is 5.34. The van der Waals surface area contributed by atoms with Crippen LogP contribution in [0.25, 0.3) is 0 Å². The molecule has 1 unspecified atom stereocenters. The zero-order chi connectivity index (χ0) is 10.4. The summed E-state index contributed by atoms with van der Waals surface area (Å²) < 4.78 is 0. The van der Waals surface area contributed by atoms with Gasteiger partial charge >= 0.3 is 0 Å². The minimum Gasteiger partial charge on any atom is -0.392 e. The Morgan fingerprint density at radius 3 is 1.69 bits per heavy atom. The molecule has 1 atom stereocenters. The molecule has 0 aromatic heterocycles. The summed E-state index contributed by atoms with van der Waals surface area (Å²) in [5.41, 5.74) is 0. The molecule has 0 aromatic rings. The molecule has 0 aliphatic carbocycles. The number of nitrogens with one attached hydrogen (secondary N) is 1. The van der Waals surface area contributed by atoms with Gasteiger partial charge in [0.05, 0.1) is 6.10 Å². The van der Waals surface area contributed by atoms with Gasteiger partial charge in [0, 0.05) is 6.54 Å². The third kappa shape index (κ3) is 6.05. The van der Waals surface area contributed by atoms with E-state index in [2.05, 4.69) is 33.0 Å². The van der Waals surface area contributed by atoms with Gasteiger partial charge in [0.2, 0.25) is 0 Å². The second-order valence-electron chi connectivity index (χ2n) is 4.66. The average Bonchev–Trinajstić information content (AvgIpc) is 1.95. The first kappa shape index (κ1) is 12.9. The molecule has 0 aliphatic rings. The second kappa shape index (κ2) is 6.39. The van der Waals surface area contributed by atoms with Gasteiger partial charge in [-0.1, -0.05) is 27.7 Å². The zero-order valence-corrected chi connectivity index (χ0v) is 9.67. The predicted molar refractivity (Wildman–Crippen MR) is 57.7 cm³/mol. The quantitative estimate of drug-likeness (QED) is 0.665. The summed E-state index contributed by atoms with van der Waals surface area (Å²) in [7, 11) is 0. The maximum atomic E-state index is 9.08. The minimum atomic E-state index is -0.236. The first-order valence-electron chi connectivity index (χ1n) is 5.34. The van der Waals surface area contributed by atoms with E-state index in [4.69, 9.17) is 5.11 Å². The highest BCUT2D eigenvalue weighted by atomic mass is 16.3. The number of aliphatic hydroxyl groups excluding tert-OH is 1. The molecule has 2 N–H and O–H groups in total. The van der Waals surface area contributed by atoms with Crippen LogP contribution in [0.5, 0.6) is 0 Å². The van der Waals surface area contributed by atoms with Crippen molar-refractivity contribution in [2.45, 2.75) is 40.7 Å². The van der Waals surface area contributed by atoms with E-state index in [1.165, 1.54) is 0 Å². The normalized spacial score (nSPS) is 14.5. The molecule has 2 nitrogen and oxygen atoms in total. The second-order valence-corrected chi connectivity index (χ2v) is 4.66. The lowest BCUT2D eigenvalue weighted by molar-refractivity contribution is 0.182. The molecule has 0 heterocycles. The van der Waals surface area contributed by atoms with Crippen molar-refractivity contribution in [3.8, 4) is 0 Å². The van der Waals surface area contributed by atoms with Crippen LogP contribution in [-0.4, -0.2) is 24.3 Å². The Morgan fingerprint density at radius 2 is 1.38 bits per heavy atom. The van der Waals surface area contributed by atoms with Gasteiger partial charge < -0.3 is 10.4 Å². The number of hydrogen-bond donors (Lipinski definition) is 2. The zero-order valence-electron chi connectivity index (χ0n) is 9.67. The smallest absolute Gasteiger partial charge is 0.0636 e. The van der Waals surface area contributed by atoms with Gasteiger partial charge in [0.15, 0.2) is 0 Å². The SMILES string of the molecule is CC(O)CNCC(C(C)C)C(C)C. The van der Waals surface area contributed by atoms with Crippen molar-refractivity contribution in [2.75, 3.05) is 13.1 Å². The monoisotopic (exact) mass is 187 g/mol. The van der Waals surface area contributed by atoms with Crippen molar-refractivity contribution in [2.24, 2.45) is 17.8 Å². The third-order valence-electron chi connectivity index (χ3n) is 2.53. The summed E-state index contributed by atoms with van der Waals surface area (Å²) in [5.74, 6) is 2.13. The molecule has 0 rings (SSSR count). The van der Waals surface area contributed by atoms with Crippen LogP contribution in [0.15, 0.2) is 0 Å². The molecular formula is C11H25NO. The van der Waals surface area contributed by atoms with Crippen LogP contribution in [-0.2, 0) is 0 Å². The van der Waals surface area contributed by atoms with Crippen LogP contribution < -0.4 is 5.32 Å². The lowest BCUT2D eigenvalue weighted by Crippen LogP contribution is -2.33. The topological polar surface area (TPSA) is 32.3 Å². The Labute approximate surface area is 82.7 Å². The largest absolute Gasteiger partial charge is 0.392 e. The van der Waals surface area contributed by atoms with Crippen molar-refractivity contribution in [3.05, 3.63) is 0 Å². The molecule has 0 saturated carbocycles. The highest BCUT2D eigenvalue weighted by Crippen LogP contribution is 2.19. The standard InChI is InChI=1S/C11H25NO/c1-8(2)11(9(3)4)7-12-6-10(5)13/h8-13H,6-7H2,1-5H3. The van der Waals surface area contributed by atoms with E-state index in [9.17, 15) is 0 Å². The molecule has 13 heavy (non-hydrogen) atoms. The van der Waals surface area contributed by atoms with Gasteiger partial charge in [-0.2, -0.15) is 0 Å².